The first-order valence-corrected chi connectivity index (χ1v) is 6.88. The number of hydrogen-bond acceptors (Lipinski definition) is 4. The van der Waals surface area contributed by atoms with Gasteiger partial charge in [0.2, 0.25) is 0 Å². The van der Waals surface area contributed by atoms with Crippen LogP contribution >= 0.6 is 12.2 Å². The van der Waals surface area contributed by atoms with Crippen molar-refractivity contribution in [1.29, 1.82) is 0 Å². The third kappa shape index (κ3) is 3.88. The van der Waals surface area contributed by atoms with E-state index >= 15 is 0 Å². The number of nitrogens with one attached hydrogen (secondary N) is 2. The van der Waals surface area contributed by atoms with Gasteiger partial charge in [0.25, 0.3) is 5.69 Å². The van der Waals surface area contributed by atoms with Crippen LogP contribution in [0.15, 0.2) is 18.2 Å². The van der Waals surface area contributed by atoms with E-state index in [4.69, 9.17) is 17.0 Å². The van der Waals surface area contributed by atoms with Crippen LogP contribution in [0.4, 0.5) is 11.4 Å². The summed E-state index contributed by atoms with van der Waals surface area (Å²) in [6.45, 7) is 3.16. The van der Waals surface area contributed by atoms with Gasteiger partial charge in [-0.05, 0) is 38.0 Å². The molecule has 6 nitrogen and oxygen atoms in total. The second-order valence-corrected chi connectivity index (χ2v) is 5.14. The van der Waals surface area contributed by atoms with Crippen LogP contribution in [0.3, 0.4) is 0 Å². The van der Waals surface area contributed by atoms with Crippen molar-refractivity contribution < 1.29 is 9.66 Å². The Kier molecular flexibility index (Phi) is 4.86. The molecule has 1 atom stereocenters. The number of hydrogen-bond donors (Lipinski definition) is 2. The molecule has 108 valence electrons. The van der Waals surface area contributed by atoms with Crippen LogP contribution in [-0.4, -0.2) is 29.3 Å². The highest BCUT2D eigenvalue weighted by atomic mass is 32.1. The fourth-order valence-corrected chi connectivity index (χ4v) is 2.27. The van der Waals surface area contributed by atoms with Gasteiger partial charge >= 0.3 is 0 Å². The average Bonchev–Trinajstić information content (AvgIpc) is 2.91. The van der Waals surface area contributed by atoms with E-state index in [0.29, 0.717) is 22.9 Å². The zero-order valence-electron chi connectivity index (χ0n) is 11.2. The van der Waals surface area contributed by atoms with E-state index in [9.17, 15) is 10.1 Å². The first-order chi connectivity index (χ1) is 9.56. The predicted molar refractivity (Wildman–Crippen MR) is 81.0 cm³/mol. The second kappa shape index (κ2) is 6.62. The van der Waals surface area contributed by atoms with Crippen LogP contribution < -0.4 is 10.6 Å². The zero-order valence-corrected chi connectivity index (χ0v) is 12.0. The van der Waals surface area contributed by atoms with E-state index in [2.05, 4.69) is 10.6 Å². The highest BCUT2D eigenvalue weighted by Crippen LogP contribution is 2.22. The maximum absolute atomic E-state index is 10.9. The summed E-state index contributed by atoms with van der Waals surface area (Å²) < 4.78 is 5.48. The summed E-state index contributed by atoms with van der Waals surface area (Å²) in [5.41, 5.74) is 1.31. The van der Waals surface area contributed by atoms with Gasteiger partial charge in [0.15, 0.2) is 5.11 Å². The zero-order chi connectivity index (χ0) is 14.5. The fraction of sp³-hybridized carbons (Fsp3) is 0.462. The molecule has 1 aliphatic rings. The Morgan fingerprint density at radius 3 is 3.05 bits per heavy atom. The molecule has 0 bridgehead atoms. The van der Waals surface area contributed by atoms with Crippen molar-refractivity contribution in [2.75, 3.05) is 18.5 Å². The normalized spacial score (nSPS) is 17.8. The molecule has 1 fully saturated rings. The van der Waals surface area contributed by atoms with Gasteiger partial charge in [-0.1, -0.05) is 6.07 Å². The molecule has 1 heterocycles. The number of nitrogens with zero attached hydrogens (tertiary/aromatic N) is 1. The van der Waals surface area contributed by atoms with Crippen molar-refractivity contribution in [1.82, 2.24) is 5.32 Å². The van der Waals surface area contributed by atoms with E-state index in [0.717, 1.165) is 19.4 Å². The number of nitro benzene ring substituents is 1. The lowest BCUT2D eigenvalue weighted by molar-refractivity contribution is -0.385. The molecule has 2 N–H and O–H groups in total. The molecule has 7 heteroatoms. The second-order valence-electron chi connectivity index (χ2n) is 4.73. The molecule has 1 aromatic rings. The van der Waals surface area contributed by atoms with Gasteiger partial charge in [-0.2, -0.15) is 0 Å². The Balaban J connectivity index is 1.90. The number of aryl methyl sites for hydroxylation is 1. The first kappa shape index (κ1) is 14.7. The maximum Gasteiger partial charge on any atom is 0.274 e. The Morgan fingerprint density at radius 2 is 2.40 bits per heavy atom. The summed E-state index contributed by atoms with van der Waals surface area (Å²) in [5.74, 6) is 0. The summed E-state index contributed by atoms with van der Waals surface area (Å²) >= 11 is 5.16. The molecular weight excluding hydrogens is 278 g/mol. The van der Waals surface area contributed by atoms with Crippen LogP contribution in [0, 0.1) is 17.0 Å². The lowest BCUT2D eigenvalue weighted by atomic mass is 10.2. The van der Waals surface area contributed by atoms with E-state index in [1.54, 1.807) is 19.1 Å². The molecule has 0 aliphatic carbocycles. The van der Waals surface area contributed by atoms with Crippen molar-refractivity contribution in [3.63, 3.8) is 0 Å². The van der Waals surface area contributed by atoms with Crippen LogP contribution in [0.2, 0.25) is 0 Å². The van der Waals surface area contributed by atoms with Crippen LogP contribution in [-0.2, 0) is 4.74 Å². The van der Waals surface area contributed by atoms with Crippen molar-refractivity contribution in [3.05, 3.63) is 33.9 Å². The van der Waals surface area contributed by atoms with Gasteiger partial charge in [0, 0.05) is 30.5 Å². The Morgan fingerprint density at radius 1 is 1.60 bits per heavy atom. The molecule has 0 spiro atoms. The van der Waals surface area contributed by atoms with Gasteiger partial charge in [0.1, 0.15) is 0 Å². The molecule has 1 aromatic carbocycles. The van der Waals surface area contributed by atoms with Crippen molar-refractivity contribution in [3.8, 4) is 0 Å². The Hall–Kier alpha value is -1.73. The number of ether oxygens (including phenoxy) is 1. The quantitative estimate of drug-likeness (QED) is 0.504. The molecule has 0 radical (unpaired) electrons. The smallest absolute Gasteiger partial charge is 0.274 e. The topological polar surface area (TPSA) is 76.4 Å². The Bertz CT molecular complexity index is 516. The summed E-state index contributed by atoms with van der Waals surface area (Å²) in [5, 5.41) is 17.3. The minimum atomic E-state index is -0.399. The molecule has 1 aliphatic heterocycles. The van der Waals surface area contributed by atoms with Crippen LogP contribution in [0.5, 0.6) is 0 Å². The molecule has 0 saturated carbocycles. The number of nitro groups is 1. The third-order valence-corrected chi connectivity index (χ3v) is 3.42. The lowest BCUT2D eigenvalue weighted by Gasteiger charge is -2.14. The minimum Gasteiger partial charge on any atom is -0.376 e. The predicted octanol–water partition coefficient (Wildman–Crippen LogP) is 2.37. The summed E-state index contributed by atoms with van der Waals surface area (Å²) in [6.07, 6.45) is 2.31. The monoisotopic (exact) mass is 295 g/mol. The van der Waals surface area contributed by atoms with Gasteiger partial charge in [-0.25, -0.2) is 0 Å². The summed E-state index contributed by atoms with van der Waals surface area (Å²) in [7, 11) is 0. The summed E-state index contributed by atoms with van der Waals surface area (Å²) in [6, 6.07) is 4.95. The standard InChI is InChI=1S/C13H17N3O3S/c1-9-4-5-10(7-12(9)16(17)18)15-13(20)14-8-11-3-2-6-19-11/h4-5,7,11H,2-3,6,8H2,1H3,(H2,14,15,20)/t11-/m1/s1. The van der Waals surface area contributed by atoms with Gasteiger partial charge in [-0.15, -0.1) is 0 Å². The number of thiocarbonyl (C=S) groups is 1. The Labute approximate surface area is 122 Å². The van der Waals surface area contributed by atoms with Gasteiger partial charge in [0.05, 0.1) is 11.0 Å². The van der Waals surface area contributed by atoms with E-state index < -0.39 is 4.92 Å². The average molecular weight is 295 g/mol. The van der Waals surface area contributed by atoms with E-state index in [-0.39, 0.29) is 11.8 Å². The lowest BCUT2D eigenvalue weighted by Crippen LogP contribution is -2.34. The van der Waals surface area contributed by atoms with Crippen molar-refractivity contribution >= 4 is 28.7 Å². The molecule has 0 amide bonds. The minimum absolute atomic E-state index is 0.0805. The number of anilines is 1. The maximum atomic E-state index is 10.9. The van der Waals surface area contributed by atoms with Crippen molar-refractivity contribution in [2.24, 2.45) is 0 Å². The van der Waals surface area contributed by atoms with Gasteiger partial charge < -0.3 is 15.4 Å². The van der Waals surface area contributed by atoms with Crippen LogP contribution in [0.25, 0.3) is 0 Å². The molecule has 0 unspecified atom stereocenters. The molecular formula is C13H17N3O3S. The van der Waals surface area contributed by atoms with E-state index in [1.165, 1.54) is 6.07 Å². The fourth-order valence-electron chi connectivity index (χ4n) is 2.07. The molecule has 0 aromatic heterocycles. The molecule has 1 saturated heterocycles. The van der Waals surface area contributed by atoms with E-state index in [1.807, 2.05) is 0 Å². The van der Waals surface area contributed by atoms with Gasteiger partial charge in [-0.3, -0.25) is 10.1 Å². The summed E-state index contributed by atoms with van der Waals surface area (Å²) in [4.78, 5) is 10.5. The largest absolute Gasteiger partial charge is 0.376 e. The SMILES string of the molecule is Cc1ccc(NC(=S)NC[C@H]2CCCO2)cc1[N+](=O)[O-]. The van der Waals surface area contributed by atoms with Crippen molar-refractivity contribution in [2.45, 2.75) is 25.9 Å². The third-order valence-electron chi connectivity index (χ3n) is 3.18. The first-order valence-electron chi connectivity index (χ1n) is 6.48. The highest BCUT2D eigenvalue weighted by Gasteiger charge is 2.16. The highest BCUT2D eigenvalue weighted by molar-refractivity contribution is 7.80. The van der Waals surface area contributed by atoms with Crippen LogP contribution in [0.1, 0.15) is 18.4 Å². The molecule has 20 heavy (non-hydrogen) atoms. The number of rotatable bonds is 4. The number of benzene rings is 1. The molecule has 2 rings (SSSR count).